The van der Waals surface area contributed by atoms with Crippen LogP contribution in [-0.2, 0) is 0 Å². The van der Waals surface area contributed by atoms with Gasteiger partial charge in [-0.2, -0.15) is 0 Å². The zero-order chi connectivity index (χ0) is 12.8. The van der Waals surface area contributed by atoms with Crippen molar-refractivity contribution in [1.82, 2.24) is 4.90 Å². The molecule has 1 aromatic rings. The first kappa shape index (κ1) is 13.1. The van der Waals surface area contributed by atoms with E-state index in [4.69, 9.17) is 0 Å². The molecule has 0 N–H and O–H groups in total. The molecule has 1 heteroatoms. The molecule has 0 heterocycles. The molecule has 0 spiro atoms. The fourth-order valence-electron chi connectivity index (χ4n) is 2.45. The summed E-state index contributed by atoms with van der Waals surface area (Å²) >= 11 is 0. The minimum absolute atomic E-state index is 0.484. The second-order valence-corrected chi connectivity index (χ2v) is 4.81. The maximum absolute atomic E-state index is 2.48. The van der Waals surface area contributed by atoms with Crippen molar-refractivity contribution in [2.24, 2.45) is 0 Å². The fourth-order valence-corrected chi connectivity index (χ4v) is 2.45. The highest BCUT2D eigenvalue weighted by Crippen LogP contribution is 2.27. The predicted molar refractivity (Wildman–Crippen MR) is 78.8 cm³/mol. The van der Waals surface area contributed by atoms with Gasteiger partial charge in [-0.3, -0.25) is 0 Å². The van der Waals surface area contributed by atoms with Gasteiger partial charge in [-0.25, -0.2) is 0 Å². The summed E-state index contributed by atoms with van der Waals surface area (Å²) in [7, 11) is 0. The van der Waals surface area contributed by atoms with Crippen molar-refractivity contribution >= 4 is 0 Å². The number of benzene rings is 1. The fraction of sp³-hybridized carbons (Fsp3) is 0.412. The van der Waals surface area contributed by atoms with Crippen LogP contribution in [0.3, 0.4) is 0 Å². The largest absolute Gasteiger partial charge is 0.304 e. The number of allylic oxidation sites excluding steroid dienone is 3. The van der Waals surface area contributed by atoms with Crippen molar-refractivity contribution in [2.75, 3.05) is 19.6 Å². The van der Waals surface area contributed by atoms with E-state index in [0.717, 1.165) is 13.1 Å². The highest BCUT2D eigenvalue weighted by Gasteiger charge is 2.11. The third-order valence-corrected chi connectivity index (χ3v) is 3.71. The highest BCUT2D eigenvalue weighted by molar-refractivity contribution is 5.39. The van der Waals surface area contributed by atoms with Crippen molar-refractivity contribution in [3.8, 4) is 0 Å². The molecule has 1 nitrogen and oxygen atoms in total. The Morgan fingerprint density at radius 1 is 1.06 bits per heavy atom. The van der Waals surface area contributed by atoms with Gasteiger partial charge in [0.25, 0.3) is 0 Å². The quantitative estimate of drug-likeness (QED) is 0.727. The van der Waals surface area contributed by atoms with Crippen LogP contribution >= 0.6 is 0 Å². The van der Waals surface area contributed by atoms with E-state index >= 15 is 0 Å². The topological polar surface area (TPSA) is 3.24 Å². The summed E-state index contributed by atoms with van der Waals surface area (Å²) in [6.45, 7) is 7.93. The summed E-state index contributed by atoms with van der Waals surface area (Å²) in [5.41, 5.74) is 2.88. The maximum atomic E-state index is 2.48. The third kappa shape index (κ3) is 3.33. The molecule has 0 bridgehead atoms. The summed E-state index contributed by atoms with van der Waals surface area (Å²) in [6, 6.07) is 10.7. The van der Waals surface area contributed by atoms with Gasteiger partial charge in [-0.1, -0.05) is 68.0 Å². The van der Waals surface area contributed by atoms with Crippen molar-refractivity contribution < 1.29 is 0 Å². The van der Waals surface area contributed by atoms with Gasteiger partial charge in [0, 0.05) is 12.5 Å². The van der Waals surface area contributed by atoms with Crippen molar-refractivity contribution in [3.05, 3.63) is 59.7 Å². The Morgan fingerprint density at radius 2 is 1.78 bits per heavy atom. The van der Waals surface area contributed by atoms with E-state index < -0.39 is 0 Å². The first-order chi connectivity index (χ1) is 8.83. The molecule has 1 aromatic carbocycles. The van der Waals surface area contributed by atoms with Gasteiger partial charge in [0.1, 0.15) is 0 Å². The molecule has 1 aliphatic rings. The molecule has 1 aliphatic carbocycles. The van der Waals surface area contributed by atoms with Gasteiger partial charge in [-0.15, -0.1) is 0 Å². The van der Waals surface area contributed by atoms with Crippen LogP contribution in [0.4, 0.5) is 0 Å². The first-order valence-corrected chi connectivity index (χ1v) is 6.99. The molecule has 0 radical (unpaired) electrons. The molecule has 0 aromatic heterocycles. The molecule has 0 fully saturated rings. The van der Waals surface area contributed by atoms with Crippen LogP contribution in [0.15, 0.2) is 54.1 Å². The number of nitrogens with zero attached hydrogens (tertiary/aromatic N) is 1. The third-order valence-electron chi connectivity index (χ3n) is 3.71. The molecule has 0 saturated heterocycles. The Kier molecular flexibility index (Phi) is 4.77. The van der Waals surface area contributed by atoms with Gasteiger partial charge in [0.05, 0.1) is 0 Å². The molecule has 96 valence electrons. The molecule has 0 saturated carbocycles. The minimum Gasteiger partial charge on any atom is -0.304 e. The van der Waals surface area contributed by atoms with Crippen LogP contribution in [-0.4, -0.2) is 24.5 Å². The molecular weight excluding hydrogens is 218 g/mol. The van der Waals surface area contributed by atoms with Crippen LogP contribution in [0.2, 0.25) is 0 Å². The van der Waals surface area contributed by atoms with Crippen molar-refractivity contribution in [2.45, 2.75) is 26.2 Å². The lowest BCUT2D eigenvalue weighted by Gasteiger charge is -2.17. The van der Waals surface area contributed by atoms with Gasteiger partial charge in [0.15, 0.2) is 0 Å². The van der Waals surface area contributed by atoms with Crippen LogP contribution in [0.5, 0.6) is 0 Å². The van der Waals surface area contributed by atoms with E-state index in [1.54, 1.807) is 0 Å². The van der Waals surface area contributed by atoms with Gasteiger partial charge < -0.3 is 4.90 Å². The lowest BCUT2D eigenvalue weighted by Crippen LogP contribution is -2.24. The van der Waals surface area contributed by atoms with E-state index in [9.17, 15) is 0 Å². The van der Waals surface area contributed by atoms with E-state index in [0.29, 0.717) is 5.92 Å². The molecule has 0 amide bonds. The standard InChI is InChI=1S/C17H23N/c1-3-18(4-2)13-12-15-10-11-17(14-15)16-8-6-5-7-9-16/h5-11,14,17H,3-4,12-13H2,1-2H3. The van der Waals surface area contributed by atoms with E-state index in [-0.39, 0.29) is 0 Å². The second-order valence-electron chi connectivity index (χ2n) is 4.81. The number of hydrogen-bond acceptors (Lipinski definition) is 1. The smallest absolute Gasteiger partial charge is 0.0207 e. The summed E-state index contributed by atoms with van der Waals surface area (Å²) in [5.74, 6) is 0.484. The van der Waals surface area contributed by atoms with Gasteiger partial charge >= 0.3 is 0 Å². The van der Waals surface area contributed by atoms with Crippen LogP contribution in [0, 0.1) is 0 Å². The summed E-state index contributed by atoms with van der Waals surface area (Å²) < 4.78 is 0. The lowest BCUT2D eigenvalue weighted by molar-refractivity contribution is 0.308. The Labute approximate surface area is 111 Å². The zero-order valence-corrected chi connectivity index (χ0v) is 11.5. The molecule has 1 unspecified atom stereocenters. The van der Waals surface area contributed by atoms with E-state index in [1.807, 2.05) is 0 Å². The van der Waals surface area contributed by atoms with Crippen LogP contribution < -0.4 is 0 Å². The Morgan fingerprint density at radius 3 is 2.44 bits per heavy atom. The zero-order valence-electron chi connectivity index (χ0n) is 11.5. The Hall–Kier alpha value is -1.34. The summed E-state index contributed by atoms with van der Waals surface area (Å²) in [4.78, 5) is 2.48. The molecular formula is C17H23N. The number of rotatable bonds is 6. The summed E-state index contributed by atoms with van der Waals surface area (Å²) in [6.07, 6.45) is 8.18. The highest BCUT2D eigenvalue weighted by atomic mass is 15.1. The number of hydrogen-bond donors (Lipinski definition) is 0. The van der Waals surface area contributed by atoms with Crippen LogP contribution in [0.1, 0.15) is 31.7 Å². The minimum atomic E-state index is 0.484. The Bertz CT molecular complexity index is 412. The van der Waals surface area contributed by atoms with Gasteiger partial charge in [-0.05, 0) is 25.1 Å². The molecule has 0 aliphatic heterocycles. The van der Waals surface area contributed by atoms with Crippen LogP contribution in [0.25, 0.3) is 0 Å². The first-order valence-electron chi connectivity index (χ1n) is 6.99. The molecule has 18 heavy (non-hydrogen) atoms. The average molecular weight is 241 g/mol. The van der Waals surface area contributed by atoms with Gasteiger partial charge in [0.2, 0.25) is 0 Å². The van der Waals surface area contributed by atoms with Crippen molar-refractivity contribution in [1.29, 1.82) is 0 Å². The lowest BCUT2D eigenvalue weighted by atomic mass is 10.0. The predicted octanol–water partition coefficient (Wildman–Crippen LogP) is 4.00. The molecule has 1 atom stereocenters. The molecule has 2 rings (SSSR count). The maximum Gasteiger partial charge on any atom is 0.0207 e. The second kappa shape index (κ2) is 6.55. The normalized spacial score (nSPS) is 18.4. The monoisotopic (exact) mass is 241 g/mol. The van der Waals surface area contributed by atoms with E-state index in [2.05, 4.69) is 67.3 Å². The summed E-state index contributed by atoms with van der Waals surface area (Å²) in [5, 5.41) is 0. The SMILES string of the molecule is CCN(CC)CCC1=CC(c2ccccc2)C=C1. The van der Waals surface area contributed by atoms with Crippen molar-refractivity contribution in [3.63, 3.8) is 0 Å². The average Bonchev–Trinajstić information content (AvgIpc) is 2.90. The van der Waals surface area contributed by atoms with E-state index in [1.165, 1.54) is 24.1 Å². The Balaban J connectivity index is 1.92.